The van der Waals surface area contributed by atoms with Crippen LogP contribution in [0.4, 0.5) is 0 Å². The highest BCUT2D eigenvalue weighted by atomic mass is 16.1. The molecule has 0 unspecified atom stereocenters. The number of hydrogen-bond donors (Lipinski definition) is 0. The molecule has 4 nitrogen and oxygen atoms in total. The van der Waals surface area contributed by atoms with Crippen molar-refractivity contribution in [2.75, 3.05) is 0 Å². The topological polar surface area (TPSA) is 47.8 Å². The third kappa shape index (κ3) is 1.46. The fourth-order valence-corrected chi connectivity index (χ4v) is 1.02. The van der Waals surface area contributed by atoms with Gasteiger partial charge in [0.15, 0.2) is 6.29 Å². The Morgan fingerprint density at radius 3 is 2.85 bits per heavy atom. The molecule has 4 heteroatoms. The minimum absolute atomic E-state index is 0.427. The van der Waals surface area contributed by atoms with Crippen LogP contribution in [0.2, 0.25) is 0 Å². The molecule has 0 aromatic carbocycles. The van der Waals surface area contributed by atoms with E-state index in [2.05, 4.69) is 10.1 Å². The highest BCUT2D eigenvalue weighted by Crippen LogP contribution is 2.03. The summed E-state index contributed by atoms with van der Waals surface area (Å²) in [6.45, 7) is 0. The monoisotopic (exact) mass is 173 g/mol. The quantitative estimate of drug-likeness (QED) is 0.638. The van der Waals surface area contributed by atoms with Crippen molar-refractivity contribution in [1.82, 2.24) is 14.8 Å². The van der Waals surface area contributed by atoms with Gasteiger partial charge in [-0.3, -0.25) is 9.78 Å². The predicted molar refractivity (Wildman–Crippen MR) is 46.7 cm³/mol. The zero-order valence-corrected chi connectivity index (χ0v) is 6.79. The minimum Gasteiger partial charge on any atom is -0.296 e. The Morgan fingerprint density at radius 2 is 2.31 bits per heavy atom. The van der Waals surface area contributed by atoms with Crippen LogP contribution >= 0.6 is 0 Å². The number of carbonyl (C=O) groups excluding carboxylic acids is 1. The third-order valence-electron chi connectivity index (χ3n) is 1.66. The van der Waals surface area contributed by atoms with E-state index < -0.39 is 0 Å². The van der Waals surface area contributed by atoms with Gasteiger partial charge in [0.1, 0.15) is 5.69 Å². The lowest BCUT2D eigenvalue weighted by molar-refractivity contribution is 0.111. The molecule has 0 aliphatic heterocycles. The number of nitrogens with zero attached hydrogens (tertiary/aromatic N) is 3. The van der Waals surface area contributed by atoms with Crippen molar-refractivity contribution < 1.29 is 4.79 Å². The zero-order chi connectivity index (χ0) is 9.10. The van der Waals surface area contributed by atoms with E-state index in [9.17, 15) is 4.79 Å². The molecule has 0 bridgehead atoms. The standard InChI is InChI=1S/C9H7N3O/c13-7-8-2-3-9(6-10-8)12-5-1-4-11-12/h1-7H. The Labute approximate surface area is 74.8 Å². The SMILES string of the molecule is O=Cc1ccc(-n2cccn2)cn1. The van der Waals surface area contributed by atoms with E-state index in [0.29, 0.717) is 12.0 Å². The molecule has 0 spiro atoms. The lowest BCUT2D eigenvalue weighted by Crippen LogP contribution is -1.96. The summed E-state index contributed by atoms with van der Waals surface area (Å²) in [6, 6.07) is 5.28. The van der Waals surface area contributed by atoms with Gasteiger partial charge in [-0.25, -0.2) is 4.68 Å². The maximum Gasteiger partial charge on any atom is 0.168 e. The number of aromatic nitrogens is 3. The molecule has 2 rings (SSSR count). The summed E-state index contributed by atoms with van der Waals surface area (Å²) in [5.74, 6) is 0. The summed E-state index contributed by atoms with van der Waals surface area (Å²) < 4.78 is 1.68. The first-order valence-electron chi connectivity index (χ1n) is 3.81. The van der Waals surface area contributed by atoms with Gasteiger partial charge in [0.05, 0.1) is 11.9 Å². The number of pyridine rings is 1. The molecule has 0 aliphatic rings. The van der Waals surface area contributed by atoms with Gasteiger partial charge >= 0.3 is 0 Å². The van der Waals surface area contributed by atoms with Crippen LogP contribution in [0.5, 0.6) is 0 Å². The molecule has 13 heavy (non-hydrogen) atoms. The molecule has 0 saturated carbocycles. The highest BCUT2D eigenvalue weighted by molar-refractivity contribution is 5.71. The number of rotatable bonds is 2. The van der Waals surface area contributed by atoms with E-state index in [1.165, 1.54) is 0 Å². The molecular formula is C9H7N3O. The number of carbonyl (C=O) groups is 1. The van der Waals surface area contributed by atoms with Crippen LogP contribution < -0.4 is 0 Å². The maximum atomic E-state index is 10.3. The highest BCUT2D eigenvalue weighted by Gasteiger charge is 1.96. The first-order chi connectivity index (χ1) is 6.40. The number of aldehydes is 1. The molecule has 0 aliphatic carbocycles. The van der Waals surface area contributed by atoms with Gasteiger partial charge in [-0.05, 0) is 18.2 Å². The maximum absolute atomic E-state index is 10.3. The molecular weight excluding hydrogens is 166 g/mol. The van der Waals surface area contributed by atoms with E-state index in [4.69, 9.17) is 0 Å². The van der Waals surface area contributed by atoms with Crippen molar-refractivity contribution in [3.8, 4) is 5.69 Å². The second-order valence-corrected chi connectivity index (χ2v) is 2.51. The van der Waals surface area contributed by atoms with Crippen molar-refractivity contribution >= 4 is 6.29 Å². The van der Waals surface area contributed by atoms with Gasteiger partial charge in [0.2, 0.25) is 0 Å². The van der Waals surface area contributed by atoms with Crippen molar-refractivity contribution in [1.29, 1.82) is 0 Å². The number of hydrogen-bond acceptors (Lipinski definition) is 3. The third-order valence-corrected chi connectivity index (χ3v) is 1.66. The molecule has 0 saturated heterocycles. The van der Waals surface area contributed by atoms with Crippen LogP contribution in [-0.2, 0) is 0 Å². The van der Waals surface area contributed by atoms with Crippen LogP contribution in [0.1, 0.15) is 10.5 Å². The molecule has 0 amide bonds. The van der Waals surface area contributed by atoms with Crippen molar-refractivity contribution in [3.05, 3.63) is 42.5 Å². The van der Waals surface area contributed by atoms with E-state index in [1.54, 1.807) is 29.2 Å². The van der Waals surface area contributed by atoms with Crippen molar-refractivity contribution in [2.45, 2.75) is 0 Å². The van der Waals surface area contributed by atoms with E-state index >= 15 is 0 Å². The minimum atomic E-state index is 0.427. The first-order valence-corrected chi connectivity index (χ1v) is 3.81. The average molecular weight is 173 g/mol. The Kier molecular flexibility index (Phi) is 1.88. The van der Waals surface area contributed by atoms with Gasteiger partial charge in [0.25, 0.3) is 0 Å². The molecule has 2 heterocycles. The molecule has 0 radical (unpaired) electrons. The molecule has 2 aromatic rings. The normalized spacial score (nSPS) is 9.85. The van der Waals surface area contributed by atoms with Gasteiger partial charge in [0, 0.05) is 12.4 Å². The lowest BCUT2D eigenvalue weighted by atomic mass is 10.3. The summed E-state index contributed by atoms with van der Waals surface area (Å²) in [4.78, 5) is 14.2. The largest absolute Gasteiger partial charge is 0.296 e. The Bertz CT molecular complexity index is 391. The molecule has 2 aromatic heterocycles. The van der Waals surface area contributed by atoms with Crippen LogP contribution in [-0.4, -0.2) is 21.1 Å². The average Bonchev–Trinajstić information content (AvgIpc) is 2.71. The Hall–Kier alpha value is -1.97. The smallest absolute Gasteiger partial charge is 0.168 e. The summed E-state index contributed by atoms with van der Waals surface area (Å²) in [7, 11) is 0. The van der Waals surface area contributed by atoms with Gasteiger partial charge in [-0.2, -0.15) is 5.10 Å². The fraction of sp³-hybridized carbons (Fsp3) is 0. The van der Waals surface area contributed by atoms with Gasteiger partial charge < -0.3 is 0 Å². The zero-order valence-electron chi connectivity index (χ0n) is 6.79. The predicted octanol–water partition coefficient (Wildman–Crippen LogP) is 1.08. The lowest BCUT2D eigenvalue weighted by Gasteiger charge is -1.98. The van der Waals surface area contributed by atoms with Crippen LogP contribution in [0.3, 0.4) is 0 Å². The van der Waals surface area contributed by atoms with Crippen molar-refractivity contribution in [2.24, 2.45) is 0 Å². The Balaban J connectivity index is 2.38. The molecule has 64 valence electrons. The summed E-state index contributed by atoms with van der Waals surface area (Å²) in [5.41, 5.74) is 1.27. The summed E-state index contributed by atoms with van der Waals surface area (Å²) >= 11 is 0. The van der Waals surface area contributed by atoms with E-state index in [-0.39, 0.29) is 0 Å². The van der Waals surface area contributed by atoms with Crippen LogP contribution in [0, 0.1) is 0 Å². The molecule has 0 fully saturated rings. The van der Waals surface area contributed by atoms with E-state index in [1.807, 2.05) is 12.3 Å². The molecule has 0 atom stereocenters. The molecule has 0 N–H and O–H groups in total. The second-order valence-electron chi connectivity index (χ2n) is 2.51. The Morgan fingerprint density at radius 1 is 1.38 bits per heavy atom. The van der Waals surface area contributed by atoms with Crippen molar-refractivity contribution in [3.63, 3.8) is 0 Å². The van der Waals surface area contributed by atoms with E-state index in [0.717, 1.165) is 5.69 Å². The summed E-state index contributed by atoms with van der Waals surface area (Å²) in [6.07, 6.45) is 5.83. The fourth-order valence-electron chi connectivity index (χ4n) is 1.02. The van der Waals surface area contributed by atoms with Gasteiger partial charge in [-0.1, -0.05) is 0 Å². The van der Waals surface area contributed by atoms with Crippen LogP contribution in [0.25, 0.3) is 5.69 Å². The first kappa shape index (κ1) is 7.67. The van der Waals surface area contributed by atoms with Crippen LogP contribution in [0.15, 0.2) is 36.8 Å². The second kappa shape index (κ2) is 3.18. The summed E-state index contributed by atoms with van der Waals surface area (Å²) in [5, 5.41) is 4.03. The van der Waals surface area contributed by atoms with Gasteiger partial charge in [-0.15, -0.1) is 0 Å².